The zero-order chi connectivity index (χ0) is 13.9. The van der Waals surface area contributed by atoms with Crippen LogP contribution in [0.25, 0.3) is 0 Å². The van der Waals surface area contributed by atoms with Gasteiger partial charge in [-0.2, -0.15) is 0 Å². The number of esters is 1. The molecule has 19 heavy (non-hydrogen) atoms. The van der Waals surface area contributed by atoms with Crippen molar-refractivity contribution in [1.29, 1.82) is 0 Å². The molecule has 0 aromatic rings. The molecule has 0 radical (unpaired) electrons. The second-order valence-electron chi connectivity index (χ2n) is 6.94. The standard InChI is InChI=1S/C15H21IO3/c1-7-9-4-5-15(3)6-10(16)12(17)8(2)11(15)13(9)19-14(7)18/h7-11,13H,4-6H2,1-3H3/t7-,8-,9?,10+,11+,13?,15-/m0/s1. The Bertz CT molecular complexity index is 435. The highest BCUT2D eigenvalue weighted by Crippen LogP contribution is 2.57. The SMILES string of the molecule is C[C@@H]1C(=O)OC2C1CC[C@@]1(C)C[C@@H](I)C(=O)[C@@H](C)[C@H]21. The number of hydrogen-bond acceptors (Lipinski definition) is 3. The molecule has 1 heterocycles. The first-order valence-electron chi connectivity index (χ1n) is 7.23. The smallest absolute Gasteiger partial charge is 0.309 e. The monoisotopic (exact) mass is 376 g/mol. The number of ether oxygens (including phenoxy) is 1. The topological polar surface area (TPSA) is 43.4 Å². The van der Waals surface area contributed by atoms with Gasteiger partial charge in [-0.15, -0.1) is 0 Å². The predicted octanol–water partition coefficient (Wildman–Crippen LogP) is 2.99. The second kappa shape index (κ2) is 4.43. The van der Waals surface area contributed by atoms with E-state index >= 15 is 0 Å². The van der Waals surface area contributed by atoms with Crippen LogP contribution in [0.2, 0.25) is 0 Å². The highest BCUT2D eigenvalue weighted by atomic mass is 127. The third-order valence-electron chi connectivity index (χ3n) is 5.84. The molecule has 3 nitrogen and oxygen atoms in total. The molecule has 0 spiro atoms. The minimum atomic E-state index is -0.0597. The quantitative estimate of drug-likeness (QED) is 0.371. The van der Waals surface area contributed by atoms with Gasteiger partial charge in [0, 0.05) is 17.8 Å². The Balaban J connectivity index is 1.96. The number of carbonyl (C=O) groups is 2. The Hall–Kier alpha value is -0.130. The van der Waals surface area contributed by atoms with Crippen molar-refractivity contribution in [2.75, 3.05) is 0 Å². The van der Waals surface area contributed by atoms with Gasteiger partial charge in [0.2, 0.25) is 0 Å². The summed E-state index contributed by atoms with van der Waals surface area (Å²) in [6.45, 7) is 6.31. The van der Waals surface area contributed by atoms with Gasteiger partial charge in [-0.25, -0.2) is 0 Å². The summed E-state index contributed by atoms with van der Waals surface area (Å²) in [5, 5.41) is 0. The van der Waals surface area contributed by atoms with Crippen molar-refractivity contribution in [3.8, 4) is 0 Å². The molecule has 3 fully saturated rings. The fourth-order valence-corrected chi connectivity index (χ4v) is 6.27. The van der Waals surface area contributed by atoms with Crippen LogP contribution in [-0.4, -0.2) is 21.8 Å². The highest BCUT2D eigenvalue weighted by Gasteiger charge is 2.59. The van der Waals surface area contributed by atoms with Crippen LogP contribution in [0, 0.1) is 29.1 Å². The lowest BCUT2D eigenvalue weighted by atomic mass is 9.53. The molecule has 3 rings (SSSR count). The van der Waals surface area contributed by atoms with Gasteiger partial charge in [0.05, 0.1) is 9.84 Å². The van der Waals surface area contributed by atoms with Gasteiger partial charge in [-0.05, 0) is 24.7 Å². The number of Topliss-reactive ketones (excluding diaryl/α,β-unsaturated/α-hetero) is 1. The molecule has 7 atom stereocenters. The van der Waals surface area contributed by atoms with E-state index in [-0.39, 0.29) is 39.2 Å². The zero-order valence-electron chi connectivity index (χ0n) is 11.7. The maximum absolute atomic E-state index is 12.3. The van der Waals surface area contributed by atoms with E-state index in [2.05, 4.69) is 29.5 Å². The fraction of sp³-hybridized carbons (Fsp3) is 0.867. The molecule has 2 unspecified atom stereocenters. The number of fused-ring (bicyclic) bond motifs is 3. The summed E-state index contributed by atoms with van der Waals surface area (Å²) >= 11 is 2.29. The number of alkyl halides is 1. The Labute approximate surface area is 128 Å². The largest absolute Gasteiger partial charge is 0.461 e. The summed E-state index contributed by atoms with van der Waals surface area (Å²) in [5.41, 5.74) is 0.157. The summed E-state index contributed by atoms with van der Waals surface area (Å²) in [5.74, 6) is 0.862. The lowest BCUT2D eigenvalue weighted by Gasteiger charge is -2.52. The minimum Gasteiger partial charge on any atom is -0.461 e. The molecule has 0 N–H and O–H groups in total. The van der Waals surface area contributed by atoms with Crippen LogP contribution in [-0.2, 0) is 14.3 Å². The second-order valence-corrected chi connectivity index (χ2v) is 8.44. The van der Waals surface area contributed by atoms with Gasteiger partial charge in [0.25, 0.3) is 0 Å². The molecular weight excluding hydrogens is 355 g/mol. The Morgan fingerprint density at radius 3 is 2.63 bits per heavy atom. The van der Waals surface area contributed by atoms with E-state index in [1.54, 1.807) is 0 Å². The molecule has 2 saturated carbocycles. The molecule has 1 aliphatic heterocycles. The lowest BCUT2D eigenvalue weighted by Crippen LogP contribution is -2.55. The molecule has 0 amide bonds. The molecule has 0 aromatic carbocycles. The van der Waals surface area contributed by atoms with Crippen LogP contribution >= 0.6 is 22.6 Å². The summed E-state index contributed by atoms with van der Waals surface area (Å²) in [6, 6.07) is 0. The Kier molecular flexibility index (Phi) is 3.23. The molecule has 106 valence electrons. The summed E-state index contributed by atoms with van der Waals surface area (Å²) < 4.78 is 5.80. The van der Waals surface area contributed by atoms with Crippen molar-refractivity contribution in [2.24, 2.45) is 29.1 Å². The van der Waals surface area contributed by atoms with E-state index in [1.165, 1.54) is 0 Å². The number of hydrogen-bond donors (Lipinski definition) is 0. The Morgan fingerprint density at radius 1 is 1.26 bits per heavy atom. The molecule has 4 heteroatoms. The number of halogens is 1. The number of rotatable bonds is 0. The highest BCUT2D eigenvalue weighted by molar-refractivity contribution is 14.1. The molecule has 2 aliphatic carbocycles. The van der Waals surface area contributed by atoms with Gasteiger partial charge in [-0.1, -0.05) is 43.4 Å². The summed E-state index contributed by atoms with van der Waals surface area (Å²) in [6.07, 6.45) is 3.10. The van der Waals surface area contributed by atoms with Gasteiger partial charge in [0.1, 0.15) is 11.9 Å². The van der Waals surface area contributed by atoms with E-state index in [0.29, 0.717) is 11.7 Å². The van der Waals surface area contributed by atoms with Crippen LogP contribution in [0.5, 0.6) is 0 Å². The molecule has 1 saturated heterocycles. The zero-order valence-corrected chi connectivity index (χ0v) is 13.8. The third-order valence-corrected chi connectivity index (χ3v) is 6.89. The first kappa shape index (κ1) is 13.8. The van der Waals surface area contributed by atoms with Gasteiger partial charge in [-0.3, -0.25) is 9.59 Å². The van der Waals surface area contributed by atoms with E-state index in [0.717, 1.165) is 19.3 Å². The first-order chi connectivity index (χ1) is 8.85. The van der Waals surface area contributed by atoms with Crippen LogP contribution in [0.3, 0.4) is 0 Å². The van der Waals surface area contributed by atoms with Crippen LogP contribution in [0.1, 0.15) is 40.0 Å². The van der Waals surface area contributed by atoms with Crippen molar-refractivity contribution >= 4 is 34.3 Å². The molecule has 0 aromatic heterocycles. The summed E-state index contributed by atoms with van der Waals surface area (Å²) in [7, 11) is 0. The number of carbonyl (C=O) groups excluding carboxylic acids is 2. The number of ketones is 1. The van der Waals surface area contributed by atoms with Gasteiger partial charge >= 0.3 is 5.97 Å². The predicted molar refractivity (Wildman–Crippen MR) is 80.0 cm³/mol. The molecular formula is C15H21IO3. The van der Waals surface area contributed by atoms with Gasteiger partial charge in [0.15, 0.2) is 0 Å². The van der Waals surface area contributed by atoms with E-state index in [4.69, 9.17) is 4.74 Å². The van der Waals surface area contributed by atoms with Crippen molar-refractivity contribution < 1.29 is 14.3 Å². The summed E-state index contributed by atoms with van der Waals surface area (Å²) in [4.78, 5) is 24.2. The van der Waals surface area contributed by atoms with Crippen molar-refractivity contribution in [2.45, 2.75) is 50.1 Å². The van der Waals surface area contributed by atoms with E-state index in [1.807, 2.05) is 13.8 Å². The molecule has 0 bridgehead atoms. The van der Waals surface area contributed by atoms with Crippen molar-refractivity contribution in [3.63, 3.8) is 0 Å². The molecule has 3 aliphatic rings. The average molecular weight is 376 g/mol. The van der Waals surface area contributed by atoms with E-state index < -0.39 is 0 Å². The van der Waals surface area contributed by atoms with Gasteiger partial charge < -0.3 is 4.74 Å². The van der Waals surface area contributed by atoms with Crippen LogP contribution in [0.4, 0.5) is 0 Å². The maximum Gasteiger partial charge on any atom is 0.309 e. The van der Waals surface area contributed by atoms with Crippen molar-refractivity contribution in [3.05, 3.63) is 0 Å². The minimum absolute atomic E-state index is 0.00850. The first-order valence-corrected chi connectivity index (χ1v) is 8.48. The van der Waals surface area contributed by atoms with Crippen molar-refractivity contribution in [1.82, 2.24) is 0 Å². The average Bonchev–Trinajstić information content (AvgIpc) is 2.61. The van der Waals surface area contributed by atoms with Crippen LogP contribution < -0.4 is 0 Å². The normalized spacial score (nSPS) is 53.5. The van der Waals surface area contributed by atoms with Crippen LogP contribution in [0.15, 0.2) is 0 Å². The lowest BCUT2D eigenvalue weighted by molar-refractivity contribution is -0.157. The maximum atomic E-state index is 12.3. The van der Waals surface area contributed by atoms with E-state index in [9.17, 15) is 9.59 Å². The third kappa shape index (κ3) is 1.88. The Morgan fingerprint density at radius 2 is 1.95 bits per heavy atom. The fourth-order valence-electron chi connectivity index (χ4n) is 4.70.